The topological polar surface area (TPSA) is 69.6 Å². The number of hydrogen-bond donors (Lipinski definition) is 3. The maximum absolute atomic E-state index is 11.7. The Bertz CT molecular complexity index is 402. The lowest BCUT2D eigenvalue weighted by Crippen LogP contribution is -2.34. The zero-order chi connectivity index (χ0) is 13.6. The molecule has 0 heterocycles. The molecule has 1 aromatic rings. The molecule has 0 saturated carbocycles. The summed E-state index contributed by atoms with van der Waals surface area (Å²) < 4.78 is 0. The van der Waals surface area contributed by atoms with Crippen molar-refractivity contribution in [2.45, 2.75) is 45.3 Å². The smallest absolute Gasteiger partial charge is 0.223 e. The molecular weight excluding hydrogens is 230 g/mol. The van der Waals surface area contributed by atoms with Gasteiger partial charge in [-0.2, -0.15) is 0 Å². The van der Waals surface area contributed by atoms with Crippen LogP contribution in [0.2, 0.25) is 0 Å². The molecule has 4 nitrogen and oxygen atoms in total. The van der Waals surface area contributed by atoms with Crippen LogP contribution >= 0.6 is 0 Å². The van der Waals surface area contributed by atoms with Crippen molar-refractivity contribution in [1.29, 1.82) is 0 Å². The van der Waals surface area contributed by atoms with E-state index < -0.39 is 5.60 Å². The summed E-state index contributed by atoms with van der Waals surface area (Å²) in [5.74, 6) is -0.0465. The second-order valence-electron chi connectivity index (χ2n) is 4.83. The minimum atomic E-state index is -0.961. The molecule has 100 valence electrons. The second-order valence-corrected chi connectivity index (χ2v) is 4.83. The minimum absolute atomic E-state index is 0.0778. The Hall–Kier alpha value is -1.55. The summed E-state index contributed by atoms with van der Waals surface area (Å²) in [5, 5.41) is 22.2. The molecule has 0 saturated heterocycles. The number of rotatable bonds is 6. The summed E-state index contributed by atoms with van der Waals surface area (Å²) >= 11 is 0. The first-order valence-corrected chi connectivity index (χ1v) is 6.20. The van der Waals surface area contributed by atoms with Gasteiger partial charge in [0.1, 0.15) is 5.75 Å². The molecule has 1 aromatic carbocycles. The molecule has 0 fully saturated rings. The maximum atomic E-state index is 11.7. The lowest BCUT2D eigenvalue weighted by atomic mass is 9.96. The van der Waals surface area contributed by atoms with E-state index in [0.29, 0.717) is 12.0 Å². The summed E-state index contributed by atoms with van der Waals surface area (Å²) in [6.07, 6.45) is 1.51. The van der Waals surface area contributed by atoms with E-state index in [1.54, 1.807) is 31.2 Å². The van der Waals surface area contributed by atoms with Gasteiger partial charge in [0.2, 0.25) is 5.91 Å². The average Bonchev–Trinajstić information content (AvgIpc) is 2.27. The molecule has 0 bridgehead atoms. The van der Waals surface area contributed by atoms with Crippen LogP contribution in [-0.4, -0.2) is 21.7 Å². The Balaban J connectivity index is 2.45. The molecule has 0 aliphatic rings. The summed E-state index contributed by atoms with van der Waals surface area (Å²) in [6, 6.07) is 6.86. The van der Waals surface area contributed by atoms with Crippen molar-refractivity contribution in [1.82, 2.24) is 5.32 Å². The van der Waals surface area contributed by atoms with E-state index >= 15 is 0 Å². The fraction of sp³-hybridized carbons (Fsp3) is 0.500. The van der Waals surface area contributed by atoms with Crippen LogP contribution in [0, 0.1) is 0 Å². The van der Waals surface area contributed by atoms with Crippen LogP contribution in [-0.2, 0) is 11.3 Å². The lowest BCUT2D eigenvalue weighted by Gasteiger charge is -2.21. The van der Waals surface area contributed by atoms with E-state index in [-0.39, 0.29) is 24.6 Å². The molecule has 1 atom stereocenters. The third kappa shape index (κ3) is 4.75. The molecule has 0 aliphatic carbocycles. The molecule has 1 amide bonds. The van der Waals surface area contributed by atoms with Crippen LogP contribution in [0.1, 0.15) is 38.7 Å². The Morgan fingerprint density at radius 2 is 2.06 bits per heavy atom. The summed E-state index contributed by atoms with van der Waals surface area (Å²) in [7, 11) is 0. The Labute approximate surface area is 108 Å². The van der Waals surface area contributed by atoms with Gasteiger partial charge in [-0.05, 0) is 19.4 Å². The molecule has 0 aromatic heterocycles. The fourth-order valence-corrected chi connectivity index (χ4v) is 1.89. The van der Waals surface area contributed by atoms with E-state index in [1.165, 1.54) is 0 Å². The Kier molecular flexibility index (Phi) is 5.16. The standard InChI is InChI=1S/C14H21NO3/c1-3-8-14(2,18)9-13(17)15-10-11-6-4-5-7-12(11)16/h4-7,16,18H,3,8-10H2,1-2H3,(H,15,17). The SMILES string of the molecule is CCCC(C)(O)CC(=O)NCc1ccccc1O. The number of phenolic OH excluding ortho intramolecular Hbond substituents is 1. The van der Waals surface area contributed by atoms with Gasteiger partial charge in [0.25, 0.3) is 0 Å². The van der Waals surface area contributed by atoms with Crippen molar-refractivity contribution in [3.8, 4) is 5.75 Å². The second kappa shape index (κ2) is 6.40. The molecule has 0 spiro atoms. The van der Waals surface area contributed by atoms with Crippen molar-refractivity contribution in [3.63, 3.8) is 0 Å². The number of nitrogens with one attached hydrogen (secondary N) is 1. The zero-order valence-corrected chi connectivity index (χ0v) is 10.9. The first-order chi connectivity index (χ1) is 8.44. The highest BCUT2D eigenvalue weighted by atomic mass is 16.3. The van der Waals surface area contributed by atoms with Gasteiger partial charge in [-0.15, -0.1) is 0 Å². The number of carbonyl (C=O) groups is 1. The van der Waals surface area contributed by atoms with Gasteiger partial charge in [0.05, 0.1) is 12.0 Å². The molecule has 0 radical (unpaired) electrons. The predicted octanol–water partition coefficient (Wildman–Crippen LogP) is 1.95. The van der Waals surface area contributed by atoms with Crippen molar-refractivity contribution < 1.29 is 15.0 Å². The Morgan fingerprint density at radius 1 is 1.39 bits per heavy atom. The first kappa shape index (κ1) is 14.5. The van der Waals surface area contributed by atoms with E-state index in [1.807, 2.05) is 6.92 Å². The van der Waals surface area contributed by atoms with Gasteiger partial charge in [-0.25, -0.2) is 0 Å². The minimum Gasteiger partial charge on any atom is -0.508 e. The molecular formula is C14H21NO3. The molecule has 0 aliphatic heterocycles. The first-order valence-electron chi connectivity index (χ1n) is 6.20. The quantitative estimate of drug-likeness (QED) is 0.723. The van der Waals surface area contributed by atoms with Crippen molar-refractivity contribution in [2.75, 3.05) is 0 Å². The number of aromatic hydroxyl groups is 1. The van der Waals surface area contributed by atoms with Gasteiger partial charge < -0.3 is 15.5 Å². The zero-order valence-electron chi connectivity index (χ0n) is 10.9. The van der Waals surface area contributed by atoms with E-state index in [2.05, 4.69) is 5.32 Å². The number of aliphatic hydroxyl groups is 1. The highest BCUT2D eigenvalue weighted by Gasteiger charge is 2.22. The van der Waals surface area contributed by atoms with Crippen LogP contribution in [0.4, 0.5) is 0 Å². The third-order valence-corrected chi connectivity index (χ3v) is 2.80. The van der Waals surface area contributed by atoms with Crippen LogP contribution < -0.4 is 5.32 Å². The molecule has 1 rings (SSSR count). The van der Waals surface area contributed by atoms with Crippen molar-refractivity contribution in [2.24, 2.45) is 0 Å². The van der Waals surface area contributed by atoms with Crippen LogP contribution in [0.5, 0.6) is 5.75 Å². The van der Waals surface area contributed by atoms with E-state index in [9.17, 15) is 15.0 Å². The van der Waals surface area contributed by atoms with Crippen LogP contribution in [0.15, 0.2) is 24.3 Å². The van der Waals surface area contributed by atoms with Crippen LogP contribution in [0.3, 0.4) is 0 Å². The highest BCUT2D eigenvalue weighted by molar-refractivity contribution is 5.77. The normalized spacial score (nSPS) is 13.9. The lowest BCUT2D eigenvalue weighted by molar-refractivity contribution is -0.125. The highest BCUT2D eigenvalue weighted by Crippen LogP contribution is 2.17. The largest absolute Gasteiger partial charge is 0.508 e. The number of hydrogen-bond acceptors (Lipinski definition) is 3. The molecule has 18 heavy (non-hydrogen) atoms. The number of carbonyl (C=O) groups excluding carboxylic acids is 1. The van der Waals surface area contributed by atoms with Crippen LogP contribution in [0.25, 0.3) is 0 Å². The predicted molar refractivity (Wildman–Crippen MR) is 70.1 cm³/mol. The summed E-state index contributed by atoms with van der Waals surface area (Å²) in [4.78, 5) is 11.7. The van der Waals surface area contributed by atoms with Gasteiger partial charge in [0, 0.05) is 12.1 Å². The number of para-hydroxylation sites is 1. The van der Waals surface area contributed by atoms with Crippen molar-refractivity contribution >= 4 is 5.91 Å². The Morgan fingerprint density at radius 3 is 2.67 bits per heavy atom. The monoisotopic (exact) mass is 251 g/mol. The summed E-state index contributed by atoms with van der Waals surface area (Å²) in [6.45, 7) is 3.90. The van der Waals surface area contributed by atoms with Gasteiger partial charge in [-0.1, -0.05) is 31.5 Å². The summed E-state index contributed by atoms with van der Waals surface area (Å²) in [5.41, 5.74) is -0.293. The van der Waals surface area contributed by atoms with Gasteiger partial charge in [-0.3, -0.25) is 4.79 Å². The van der Waals surface area contributed by atoms with E-state index in [0.717, 1.165) is 6.42 Å². The van der Waals surface area contributed by atoms with Crippen molar-refractivity contribution in [3.05, 3.63) is 29.8 Å². The van der Waals surface area contributed by atoms with E-state index in [4.69, 9.17) is 0 Å². The molecule has 3 N–H and O–H groups in total. The van der Waals surface area contributed by atoms with Gasteiger partial charge in [0.15, 0.2) is 0 Å². The maximum Gasteiger partial charge on any atom is 0.223 e. The number of amides is 1. The number of phenols is 1. The average molecular weight is 251 g/mol. The fourth-order valence-electron chi connectivity index (χ4n) is 1.89. The van der Waals surface area contributed by atoms with Gasteiger partial charge >= 0.3 is 0 Å². The third-order valence-electron chi connectivity index (χ3n) is 2.80. The molecule has 1 unspecified atom stereocenters. The molecule has 4 heteroatoms. The number of benzene rings is 1.